The lowest BCUT2D eigenvalue weighted by Crippen LogP contribution is -2.09. The minimum Gasteiger partial charge on any atom is -0.480 e. The smallest absolute Gasteiger partial charge is 0.265 e. The first-order chi connectivity index (χ1) is 12.2. The molecule has 3 heterocycles. The maximum atomic E-state index is 12.1. The average molecular weight is 350 g/mol. The Labute approximate surface area is 147 Å². The number of methoxy groups -OCH3 is 1. The molecule has 6 nitrogen and oxygen atoms in total. The van der Waals surface area contributed by atoms with Crippen LogP contribution in [0, 0.1) is 0 Å². The third-order valence-corrected chi connectivity index (χ3v) is 4.56. The van der Waals surface area contributed by atoms with Crippen LogP contribution in [0.4, 0.5) is 5.69 Å². The van der Waals surface area contributed by atoms with Crippen molar-refractivity contribution in [3.63, 3.8) is 0 Å². The number of benzene rings is 1. The van der Waals surface area contributed by atoms with Crippen LogP contribution in [0.1, 0.15) is 9.67 Å². The van der Waals surface area contributed by atoms with Crippen molar-refractivity contribution >= 4 is 28.6 Å². The first-order valence-electron chi connectivity index (χ1n) is 7.59. The van der Waals surface area contributed by atoms with E-state index in [4.69, 9.17) is 4.74 Å². The summed E-state index contributed by atoms with van der Waals surface area (Å²) >= 11 is 1.41. The van der Waals surface area contributed by atoms with Crippen molar-refractivity contribution in [3.05, 3.63) is 65.0 Å². The summed E-state index contributed by atoms with van der Waals surface area (Å²) in [4.78, 5) is 17.3. The predicted octanol–water partition coefficient (Wildman–Crippen LogP) is 3.72. The number of anilines is 1. The number of nitrogens with one attached hydrogen (secondary N) is 1. The number of amides is 1. The van der Waals surface area contributed by atoms with Crippen LogP contribution in [0.3, 0.4) is 0 Å². The van der Waals surface area contributed by atoms with Gasteiger partial charge < -0.3 is 10.1 Å². The zero-order chi connectivity index (χ0) is 17.2. The van der Waals surface area contributed by atoms with Gasteiger partial charge in [-0.15, -0.1) is 16.4 Å². The second-order valence-corrected chi connectivity index (χ2v) is 6.26. The summed E-state index contributed by atoms with van der Waals surface area (Å²) in [5.74, 6) is 0.426. The first kappa shape index (κ1) is 15.3. The summed E-state index contributed by atoms with van der Waals surface area (Å²) in [7, 11) is 1.58. The number of aromatic nitrogens is 3. The monoisotopic (exact) mass is 350 g/mol. The van der Waals surface area contributed by atoms with E-state index >= 15 is 0 Å². The largest absolute Gasteiger partial charge is 0.480 e. The van der Waals surface area contributed by atoms with E-state index in [1.807, 2.05) is 48.0 Å². The Morgan fingerprint density at radius 2 is 2.00 bits per heavy atom. The molecule has 0 aliphatic rings. The van der Waals surface area contributed by atoms with Crippen LogP contribution < -0.4 is 10.1 Å². The highest BCUT2D eigenvalue weighted by Crippen LogP contribution is 2.22. The number of carbonyl (C=O) groups excluding carboxylic acids is 1. The van der Waals surface area contributed by atoms with Gasteiger partial charge in [0.1, 0.15) is 0 Å². The molecule has 0 bridgehead atoms. The van der Waals surface area contributed by atoms with Crippen molar-refractivity contribution in [3.8, 4) is 17.1 Å². The summed E-state index contributed by atoms with van der Waals surface area (Å²) in [6, 6.07) is 14.8. The molecule has 4 rings (SSSR count). The summed E-state index contributed by atoms with van der Waals surface area (Å²) in [5.41, 5.74) is 3.23. The standard InChI is InChI=1S/C18H14N4O2S/c1-24-17-9-8-16-20-14(11-22(16)21-17)12-4-6-13(7-5-12)19-18(23)15-3-2-10-25-15/h2-11H,1H3,(H,19,23). The fourth-order valence-corrected chi connectivity index (χ4v) is 3.06. The van der Waals surface area contributed by atoms with Gasteiger partial charge in [0.25, 0.3) is 5.91 Å². The number of ether oxygens (including phenoxy) is 1. The first-order valence-corrected chi connectivity index (χ1v) is 8.46. The van der Waals surface area contributed by atoms with Crippen LogP contribution in [0.15, 0.2) is 60.1 Å². The number of nitrogens with zero attached hydrogens (tertiary/aromatic N) is 3. The predicted molar refractivity (Wildman–Crippen MR) is 97.2 cm³/mol. The number of thiophene rings is 1. The van der Waals surface area contributed by atoms with Gasteiger partial charge in [0, 0.05) is 17.3 Å². The molecule has 25 heavy (non-hydrogen) atoms. The third kappa shape index (κ3) is 3.09. The van der Waals surface area contributed by atoms with E-state index in [0.29, 0.717) is 10.8 Å². The van der Waals surface area contributed by atoms with Gasteiger partial charge in [-0.05, 0) is 29.6 Å². The molecule has 0 atom stereocenters. The Kier molecular flexibility index (Phi) is 3.91. The molecule has 1 amide bonds. The van der Waals surface area contributed by atoms with Crippen molar-refractivity contribution < 1.29 is 9.53 Å². The lowest BCUT2D eigenvalue weighted by atomic mass is 10.1. The molecular weight excluding hydrogens is 336 g/mol. The number of hydrogen-bond donors (Lipinski definition) is 1. The van der Waals surface area contributed by atoms with E-state index in [-0.39, 0.29) is 5.91 Å². The minimum atomic E-state index is -0.105. The molecule has 0 fully saturated rings. The Morgan fingerprint density at radius 1 is 1.16 bits per heavy atom. The molecule has 124 valence electrons. The summed E-state index contributed by atoms with van der Waals surface area (Å²) in [5, 5.41) is 9.06. The Morgan fingerprint density at radius 3 is 2.72 bits per heavy atom. The quantitative estimate of drug-likeness (QED) is 0.609. The maximum Gasteiger partial charge on any atom is 0.265 e. The third-order valence-electron chi connectivity index (χ3n) is 3.69. The molecule has 0 aliphatic heterocycles. The molecular formula is C18H14N4O2S. The van der Waals surface area contributed by atoms with Crippen molar-refractivity contribution in [2.45, 2.75) is 0 Å². The number of fused-ring (bicyclic) bond motifs is 1. The van der Waals surface area contributed by atoms with E-state index in [0.717, 1.165) is 22.6 Å². The van der Waals surface area contributed by atoms with Gasteiger partial charge in [-0.2, -0.15) is 0 Å². The van der Waals surface area contributed by atoms with E-state index in [1.54, 1.807) is 23.8 Å². The fraction of sp³-hybridized carbons (Fsp3) is 0.0556. The Hall–Kier alpha value is -3.19. The maximum absolute atomic E-state index is 12.1. The van der Waals surface area contributed by atoms with Crippen molar-refractivity contribution in [2.24, 2.45) is 0 Å². The van der Waals surface area contributed by atoms with Gasteiger partial charge in [0.2, 0.25) is 5.88 Å². The molecule has 0 saturated carbocycles. The number of rotatable bonds is 4. The van der Waals surface area contributed by atoms with Crippen LogP contribution >= 0.6 is 11.3 Å². The highest BCUT2D eigenvalue weighted by atomic mass is 32.1. The van der Waals surface area contributed by atoms with Gasteiger partial charge in [-0.3, -0.25) is 4.79 Å². The number of imidazole rings is 1. The lowest BCUT2D eigenvalue weighted by molar-refractivity contribution is 0.103. The van der Waals surface area contributed by atoms with Gasteiger partial charge in [-0.25, -0.2) is 9.50 Å². The SMILES string of the molecule is COc1ccc2nc(-c3ccc(NC(=O)c4cccs4)cc3)cn2n1. The minimum absolute atomic E-state index is 0.105. The summed E-state index contributed by atoms with van der Waals surface area (Å²) in [6.07, 6.45) is 1.84. The molecule has 7 heteroatoms. The van der Waals surface area contributed by atoms with Gasteiger partial charge >= 0.3 is 0 Å². The van der Waals surface area contributed by atoms with Crippen LogP contribution in [0.25, 0.3) is 16.9 Å². The van der Waals surface area contributed by atoms with Crippen molar-refractivity contribution in [1.82, 2.24) is 14.6 Å². The zero-order valence-corrected chi connectivity index (χ0v) is 14.2. The molecule has 0 spiro atoms. The molecule has 3 aromatic heterocycles. The van der Waals surface area contributed by atoms with E-state index in [2.05, 4.69) is 15.4 Å². The van der Waals surface area contributed by atoms with Crippen molar-refractivity contribution in [2.75, 3.05) is 12.4 Å². The lowest BCUT2D eigenvalue weighted by Gasteiger charge is -2.04. The Bertz CT molecular complexity index is 1020. The number of carbonyl (C=O) groups is 1. The zero-order valence-electron chi connectivity index (χ0n) is 13.3. The highest BCUT2D eigenvalue weighted by molar-refractivity contribution is 7.12. The summed E-state index contributed by atoms with van der Waals surface area (Å²) < 4.78 is 6.80. The highest BCUT2D eigenvalue weighted by Gasteiger charge is 2.09. The van der Waals surface area contributed by atoms with Gasteiger partial charge in [-0.1, -0.05) is 18.2 Å². The fourth-order valence-electron chi connectivity index (χ4n) is 2.44. The molecule has 0 saturated heterocycles. The second-order valence-electron chi connectivity index (χ2n) is 5.31. The van der Waals surface area contributed by atoms with Gasteiger partial charge in [0.15, 0.2) is 5.65 Å². The van der Waals surface area contributed by atoms with E-state index < -0.39 is 0 Å². The van der Waals surface area contributed by atoms with Crippen LogP contribution in [0.2, 0.25) is 0 Å². The Balaban J connectivity index is 1.56. The molecule has 0 radical (unpaired) electrons. The van der Waals surface area contributed by atoms with Crippen molar-refractivity contribution in [1.29, 1.82) is 0 Å². The van der Waals surface area contributed by atoms with Crippen LogP contribution in [-0.2, 0) is 0 Å². The summed E-state index contributed by atoms with van der Waals surface area (Å²) in [6.45, 7) is 0. The number of hydrogen-bond acceptors (Lipinski definition) is 5. The van der Waals surface area contributed by atoms with E-state index in [1.165, 1.54) is 11.3 Å². The van der Waals surface area contributed by atoms with Crippen LogP contribution in [-0.4, -0.2) is 27.6 Å². The normalized spacial score (nSPS) is 10.8. The second kappa shape index (κ2) is 6.37. The van der Waals surface area contributed by atoms with Gasteiger partial charge in [0.05, 0.1) is 23.9 Å². The molecule has 1 aromatic carbocycles. The topological polar surface area (TPSA) is 68.5 Å². The molecule has 0 aliphatic carbocycles. The van der Waals surface area contributed by atoms with Crippen LogP contribution in [0.5, 0.6) is 5.88 Å². The molecule has 1 N–H and O–H groups in total. The van der Waals surface area contributed by atoms with E-state index in [9.17, 15) is 4.79 Å². The molecule has 0 unspecified atom stereocenters. The average Bonchev–Trinajstić information content (AvgIpc) is 3.31. The molecule has 4 aromatic rings.